The summed E-state index contributed by atoms with van der Waals surface area (Å²) in [6, 6.07) is 8.07. The molecule has 2 rings (SSSR count). The van der Waals surface area contributed by atoms with Gasteiger partial charge in [-0.3, -0.25) is 9.00 Å². The fourth-order valence-electron chi connectivity index (χ4n) is 2.20. The molecule has 4 nitrogen and oxygen atoms in total. The van der Waals surface area contributed by atoms with E-state index in [1.165, 1.54) is 5.56 Å². The van der Waals surface area contributed by atoms with Crippen molar-refractivity contribution >= 4 is 22.4 Å². The molecule has 1 aliphatic rings. The summed E-state index contributed by atoms with van der Waals surface area (Å²) in [7, 11) is -0.815. The van der Waals surface area contributed by atoms with Crippen LogP contribution in [0, 0.1) is 5.92 Å². The molecule has 19 heavy (non-hydrogen) atoms. The van der Waals surface area contributed by atoms with Gasteiger partial charge in [0.2, 0.25) is 5.91 Å². The molecule has 0 saturated heterocycles. The molecule has 0 saturated carbocycles. The molecule has 0 aromatic heterocycles. The maximum absolute atomic E-state index is 12.0. The molecule has 5 heteroatoms. The highest BCUT2D eigenvalue weighted by molar-refractivity contribution is 7.84. The van der Waals surface area contributed by atoms with E-state index in [0.717, 1.165) is 12.1 Å². The summed E-state index contributed by atoms with van der Waals surface area (Å²) in [5, 5.41) is 6.16. The quantitative estimate of drug-likeness (QED) is 0.851. The lowest BCUT2D eigenvalue weighted by molar-refractivity contribution is -0.124. The normalized spacial score (nSPS) is 19.1. The molecule has 1 aromatic rings. The number of carbonyl (C=O) groups excluding carboxylic acids is 1. The predicted octanol–water partition coefficient (Wildman–Crippen LogP) is 1.16. The number of fused-ring (bicyclic) bond motifs is 1. The smallest absolute Gasteiger partial charge is 0.225 e. The summed E-state index contributed by atoms with van der Waals surface area (Å²) in [6.45, 7) is 3.05. The highest BCUT2D eigenvalue weighted by Gasteiger charge is 2.23. The van der Waals surface area contributed by atoms with Crippen LogP contribution >= 0.6 is 0 Å². The van der Waals surface area contributed by atoms with Crippen molar-refractivity contribution < 1.29 is 9.00 Å². The molecular weight excluding hydrogens is 260 g/mol. The molecule has 1 amide bonds. The largest absolute Gasteiger partial charge is 0.384 e. The Labute approximate surface area is 116 Å². The molecule has 1 aliphatic heterocycles. The molecule has 1 aromatic carbocycles. The first-order valence-corrected chi connectivity index (χ1v) is 8.14. The number of benzene rings is 1. The van der Waals surface area contributed by atoms with Crippen molar-refractivity contribution in [2.45, 2.75) is 13.3 Å². The average molecular weight is 280 g/mol. The van der Waals surface area contributed by atoms with Crippen LogP contribution in [0.2, 0.25) is 0 Å². The van der Waals surface area contributed by atoms with Crippen LogP contribution in [0.4, 0.5) is 5.69 Å². The molecule has 1 heterocycles. The standard InChI is InChI=1S/C14H20N2O2S/c1-2-19(18)8-7-15-14(17)12-9-11-5-3-4-6-13(11)16-10-12/h3-6,12,16H,2,7-10H2,1H3,(H,15,17). The summed E-state index contributed by atoms with van der Waals surface area (Å²) < 4.78 is 11.3. The minimum absolute atomic E-state index is 0.0371. The van der Waals surface area contributed by atoms with Gasteiger partial charge in [0.1, 0.15) is 0 Å². The van der Waals surface area contributed by atoms with Crippen LogP contribution in [0.25, 0.3) is 0 Å². The van der Waals surface area contributed by atoms with Crippen molar-refractivity contribution in [3.8, 4) is 0 Å². The lowest BCUT2D eigenvalue weighted by Gasteiger charge is -2.25. The Morgan fingerprint density at radius 3 is 3.05 bits per heavy atom. The Bertz CT molecular complexity index is 476. The second kappa shape index (κ2) is 6.70. The van der Waals surface area contributed by atoms with E-state index >= 15 is 0 Å². The van der Waals surface area contributed by atoms with E-state index in [1.807, 2.05) is 31.2 Å². The fraction of sp³-hybridized carbons (Fsp3) is 0.500. The summed E-state index contributed by atoms with van der Waals surface area (Å²) in [4.78, 5) is 12.0. The summed E-state index contributed by atoms with van der Waals surface area (Å²) >= 11 is 0. The Kier molecular flexibility index (Phi) is 4.96. The number of hydrogen-bond donors (Lipinski definition) is 2. The molecule has 0 radical (unpaired) electrons. The SMILES string of the molecule is CCS(=O)CCNC(=O)C1CNc2ccccc2C1. The van der Waals surface area contributed by atoms with E-state index in [1.54, 1.807) is 0 Å². The number of rotatable bonds is 5. The van der Waals surface area contributed by atoms with Gasteiger partial charge >= 0.3 is 0 Å². The zero-order valence-corrected chi connectivity index (χ0v) is 12.0. The van der Waals surface area contributed by atoms with E-state index in [0.29, 0.717) is 24.6 Å². The van der Waals surface area contributed by atoms with Crippen LogP contribution in [0.1, 0.15) is 12.5 Å². The van der Waals surface area contributed by atoms with Crippen LogP contribution < -0.4 is 10.6 Å². The van der Waals surface area contributed by atoms with Crippen molar-refractivity contribution in [3.63, 3.8) is 0 Å². The highest BCUT2D eigenvalue weighted by Crippen LogP contribution is 2.24. The number of para-hydroxylation sites is 1. The van der Waals surface area contributed by atoms with E-state index in [9.17, 15) is 9.00 Å². The highest BCUT2D eigenvalue weighted by atomic mass is 32.2. The van der Waals surface area contributed by atoms with Gasteiger partial charge in [0.05, 0.1) is 5.92 Å². The Balaban J connectivity index is 1.83. The molecular formula is C14H20N2O2S. The summed E-state index contributed by atoms with van der Waals surface area (Å²) in [6.07, 6.45) is 0.770. The van der Waals surface area contributed by atoms with Gasteiger partial charge in [0.25, 0.3) is 0 Å². The second-order valence-electron chi connectivity index (χ2n) is 4.66. The van der Waals surface area contributed by atoms with E-state index in [-0.39, 0.29) is 11.8 Å². The third-order valence-electron chi connectivity index (χ3n) is 3.34. The van der Waals surface area contributed by atoms with Gasteiger partial charge in [-0.05, 0) is 18.1 Å². The van der Waals surface area contributed by atoms with Gasteiger partial charge < -0.3 is 10.6 Å². The lowest BCUT2D eigenvalue weighted by Crippen LogP contribution is -2.39. The molecule has 2 atom stereocenters. The Morgan fingerprint density at radius 2 is 2.26 bits per heavy atom. The fourth-order valence-corrected chi connectivity index (χ4v) is 2.82. The van der Waals surface area contributed by atoms with Crippen molar-refractivity contribution in [3.05, 3.63) is 29.8 Å². The third kappa shape index (κ3) is 3.80. The molecule has 0 spiro atoms. The van der Waals surface area contributed by atoms with Crippen LogP contribution in [0.3, 0.4) is 0 Å². The second-order valence-corrected chi connectivity index (χ2v) is 6.53. The van der Waals surface area contributed by atoms with Gasteiger partial charge in [0, 0.05) is 41.1 Å². The topological polar surface area (TPSA) is 58.2 Å². The number of nitrogens with one attached hydrogen (secondary N) is 2. The third-order valence-corrected chi connectivity index (χ3v) is 4.65. The first kappa shape index (κ1) is 14.1. The van der Waals surface area contributed by atoms with Gasteiger partial charge in [-0.2, -0.15) is 0 Å². The number of hydrogen-bond acceptors (Lipinski definition) is 3. The van der Waals surface area contributed by atoms with Crippen molar-refractivity contribution in [2.75, 3.05) is 29.9 Å². The predicted molar refractivity (Wildman–Crippen MR) is 78.7 cm³/mol. The van der Waals surface area contributed by atoms with E-state index in [4.69, 9.17) is 0 Å². The van der Waals surface area contributed by atoms with Crippen molar-refractivity contribution in [1.29, 1.82) is 0 Å². The number of amides is 1. The molecule has 2 N–H and O–H groups in total. The summed E-state index contributed by atoms with van der Waals surface area (Å²) in [5.41, 5.74) is 2.31. The minimum atomic E-state index is -0.815. The van der Waals surface area contributed by atoms with E-state index < -0.39 is 10.8 Å². The van der Waals surface area contributed by atoms with Gasteiger partial charge in [-0.15, -0.1) is 0 Å². The zero-order chi connectivity index (χ0) is 13.7. The summed E-state index contributed by atoms with van der Waals surface area (Å²) in [5.74, 6) is 1.20. The maximum atomic E-state index is 12.0. The van der Waals surface area contributed by atoms with Gasteiger partial charge in [0.15, 0.2) is 0 Å². The first-order valence-electron chi connectivity index (χ1n) is 6.65. The molecule has 0 aliphatic carbocycles. The molecule has 0 bridgehead atoms. The lowest BCUT2D eigenvalue weighted by atomic mass is 9.93. The van der Waals surface area contributed by atoms with E-state index in [2.05, 4.69) is 10.6 Å². The molecule has 0 fully saturated rings. The zero-order valence-electron chi connectivity index (χ0n) is 11.1. The van der Waals surface area contributed by atoms with Crippen LogP contribution in [0.5, 0.6) is 0 Å². The monoisotopic (exact) mass is 280 g/mol. The van der Waals surface area contributed by atoms with Crippen molar-refractivity contribution in [2.24, 2.45) is 5.92 Å². The Morgan fingerprint density at radius 1 is 1.47 bits per heavy atom. The number of carbonyl (C=O) groups is 1. The van der Waals surface area contributed by atoms with Gasteiger partial charge in [-0.25, -0.2) is 0 Å². The molecule has 104 valence electrons. The average Bonchev–Trinajstić information content (AvgIpc) is 2.46. The maximum Gasteiger partial charge on any atom is 0.225 e. The Hall–Kier alpha value is -1.36. The van der Waals surface area contributed by atoms with Crippen LogP contribution in [0.15, 0.2) is 24.3 Å². The van der Waals surface area contributed by atoms with Crippen molar-refractivity contribution in [1.82, 2.24) is 5.32 Å². The minimum Gasteiger partial charge on any atom is -0.384 e. The van der Waals surface area contributed by atoms with Crippen LogP contribution in [-0.2, 0) is 22.0 Å². The molecule has 2 unspecified atom stereocenters. The van der Waals surface area contributed by atoms with Crippen LogP contribution in [-0.4, -0.2) is 34.7 Å². The number of anilines is 1. The van der Waals surface area contributed by atoms with Gasteiger partial charge in [-0.1, -0.05) is 25.1 Å². The first-order chi connectivity index (χ1) is 9.20.